The third-order valence-corrected chi connectivity index (χ3v) is 4.06. The summed E-state index contributed by atoms with van der Waals surface area (Å²) in [5, 5.41) is 15.4. The average molecular weight is 267 g/mol. The fraction of sp³-hybridized carbons (Fsp3) is 0.750. The highest BCUT2D eigenvalue weighted by Gasteiger charge is 2.33. The van der Waals surface area contributed by atoms with Crippen LogP contribution in [0.4, 0.5) is 11.5 Å². The van der Waals surface area contributed by atoms with Crippen molar-refractivity contribution >= 4 is 11.5 Å². The van der Waals surface area contributed by atoms with Crippen molar-refractivity contribution in [2.75, 3.05) is 24.5 Å². The maximum Gasteiger partial charge on any atom is 0.333 e. The number of nitrogens with two attached hydrogens (primary N) is 1. The molecule has 2 heterocycles. The first kappa shape index (κ1) is 13.8. The highest BCUT2D eigenvalue weighted by Crippen LogP contribution is 2.34. The number of aromatic nitrogens is 2. The zero-order chi connectivity index (χ0) is 14.2. The number of hydrogen-bond acceptors (Lipinski definition) is 5. The summed E-state index contributed by atoms with van der Waals surface area (Å²) in [6.45, 7) is 6.06. The van der Waals surface area contributed by atoms with Crippen molar-refractivity contribution < 1.29 is 4.92 Å². The molecule has 7 heteroatoms. The van der Waals surface area contributed by atoms with Crippen LogP contribution in [0, 0.1) is 28.9 Å². The average Bonchev–Trinajstić information content (AvgIpc) is 2.65. The molecule has 2 unspecified atom stereocenters. The van der Waals surface area contributed by atoms with Crippen LogP contribution in [0.5, 0.6) is 0 Å². The van der Waals surface area contributed by atoms with E-state index in [2.05, 4.69) is 16.9 Å². The highest BCUT2D eigenvalue weighted by atomic mass is 16.6. The topological polar surface area (TPSA) is 90.2 Å². The molecule has 1 aromatic rings. The summed E-state index contributed by atoms with van der Waals surface area (Å²) in [5.41, 5.74) is 6.37. The Bertz CT molecular complexity index is 485. The van der Waals surface area contributed by atoms with Crippen LogP contribution in [0.1, 0.15) is 19.0 Å². The molecule has 7 nitrogen and oxygen atoms in total. The van der Waals surface area contributed by atoms with E-state index in [4.69, 9.17) is 5.73 Å². The molecule has 0 saturated carbocycles. The summed E-state index contributed by atoms with van der Waals surface area (Å²) in [7, 11) is 1.75. The fourth-order valence-corrected chi connectivity index (χ4v) is 2.85. The van der Waals surface area contributed by atoms with Gasteiger partial charge in [-0.3, -0.25) is 10.1 Å². The minimum absolute atomic E-state index is 0.118. The lowest BCUT2D eigenvalue weighted by Crippen LogP contribution is -2.43. The standard InChI is InChI=1S/C12H21N5O2/c1-8-4-5-16(7-10(8)6-13)12-11(17(18)19)9(2)14-15(12)3/h8,10H,4-7,13H2,1-3H3. The Morgan fingerprint density at radius 3 is 2.84 bits per heavy atom. The third kappa shape index (κ3) is 2.42. The first-order valence-corrected chi connectivity index (χ1v) is 6.58. The molecule has 106 valence electrons. The van der Waals surface area contributed by atoms with Gasteiger partial charge in [-0.25, -0.2) is 4.68 Å². The molecule has 2 N–H and O–H groups in total. The molecule has 1 aromatic heterocycles. The quantitative estimate of drug-likeness (QED) is 0.653. The summed E-state index contributed by atoms with van der Waals surface area (Å²) in [6, 6.07) is 0. The van der Waals surface area contributed by atoms with Crippen molar-refractivity contribution in [2.24, 2.45) is 24.6 Å². The normalized spacial score (nSPS) is 23.7. The predicted molar refractivity (Wildman–Crippen MR) is 73.1 cm³/mol. The Hall–Kier alpha value is -1.63. The van der Waals surface area contributed by atoms with Gasteiger partial charge in [0.15, 0.2) is 0 Å². The Morgan fingerprint density at radius 1 is 1.58 bits per heavy atom. The van der Waals surface area contributed by atoms with Gasteiger partial charge in [-0.1, -0.05) is 6.92 Å². The van der Waals surface area contributed by atoms with Crippen LogP contribution in [-0.4, -0.2) is 34.3 Å². The molecule has 1 aliphatic rings. The zero-order valence-electron chi connectivity index (χ0n) is 11.7. The van der Waals surface area contributed by atoms with Gasteiger partial charge in [-0.05, 0) is 31.7 Å². The summed E-state index contributed by atoms with van der Waals surface area (Å²) >= 11 is 0. The molecule has 2 rings (SSSR count). The van der Waals surface area contributed by atoms with E-state index in [0.717, 1.165) is 19.5 Å². The van der Waals surface area contributed by atoms with Crippen LogP contribution >= 0.6 is 0 Å². The molecule has 1 aliphatic heterocycles. The second-order valence-electron chi connectivity index (χ2n) is 5.35. The number of anilines is 1. The molecule has 0 spiro atoms. The van der Waals surface area contributed by atoms with Crippen LogP contribution < -0.4 is 10.6 Å². The minimum atomic E-state index is -0.340. The largest absolute Gasteiger partial charge is 0.351 e. The zero-order valence-corrected chi connectivity index (χ0v) is 11.7. The first-order chi connectivity index (χ1) is 8.95. The lowest BCUT2D eigenvalue weighted by Gasteiger charge is -2.37. The minimum Gasteiger partial charge on any atom is -0.351 e. The van der Waals surface area contributed by atoms with Crippen LogP contribution in [0.2, 0.25) is 0 Å². The maximum atomic E-state index is 11.2. The molecule has 0 radical (unpaired) electrons. The van der Waals surface area contributed by atoms with E-state index in [1.54, 1.807) is 18.7 Å². The molecular formula is C12H21N5O2. The van der Waals surface area contributed by atoms with Gasteiger partial charge in [-0.15, -0.1) is 0 Å². The first-order valence-electron chi connectivity index (χ1n) is 6.58. The molecule has 1 saturated heterocycles. The number of nitrogens with zero attached hydrogens (tertiary/aromatic N) is 4. The van der Waals surface area contributed by atoms with E-state index in [9.17, 15) is 10.1 Å². The Kier molecular flexibility index (Phi) is 3.75. The third-order valence-electron chi connectivity index (χ3n) is 4.06. The van der Waals surface area contributed by atoms with E-state index in [-0.39, 0.29) is 10.6 Å². The summed E-state index contributed by atoms with van der Waals surface area (Å²) in [5.74, 6) is 1.55. The summed E-state index contributed by atoms with van der Waals surface area (Å²) in [4.78, 5) is 12.9. The second kappa shape index (κ2) is 5.16. The second-order valence-corrected chi connectivity index (χ2v) is 5.35. The van der Waals surface area contributed by atoms with Gasteiger partial charge >= 0.3 is 5.69 Å². The number of piperidine rings is 1. The van der Waals surface area contributed by atoms with Gasteiger partial charge in [-0.2, -0.15) is 5.10 Å². The van der Waals surface area contributed by atoms with Gasteiger partial charge in [0, 0.05) is 20.1 Å². The lowest BCUT2D eigenvalue weighted by atomic mass is 9.87. The lowest BCUT2D eigenvalue weighted by molar-refractivity contribution is -0.384. The van der Waals surface area contributed by atoms with Crippen molar-refractivity contribution in [2.45, 2.75) is 20.3 Å². The van der Waals surface area contributed by atoms with Gasteiger partial charge in [0.25, 0.3) is 0 Å². The van der Waals surface area contributed by atoms with Gasteiger partial charge in [0.1, 0.15) is 5.69 Å². The van der Waals surface area contributed by atoms with Crippen LogP contribution in [-0.2, 0) is 7.05 Å². The Morgan fingerprint density at radius 2 is 2.26 bits per heavy atom. The Balaban J connectivity index is 2.34. The van der Waals surface area contributed by atoms with Gasteiger partial charge in [0.2, 0.25) is 5.82 Å². The number of nitro groups is 1. The fourth-order valence-electron chi connectivity index (χ4n) is 2.85. The van der Waals surface area contributed by atoms with E-state index < -0.39 is 0 Å². The van der Waals surface area contributed by atoms with Crippen LogP contribution in [0.3, 0.4) is 0 Å². The highest BCUT2D eigenvalue weighted by molar-refractivity contribution is 5.61. The van der Waals surface area contributed by atoms with E-state index >= 15 is 0 Å². The van der Waals surface area contributed by atoms with Crippen LogP contribution in [0.15, 0.2) is 0 Å². The molecule has 19 heavy (non-hydrogen) atoms. The number of hydrogen-bond donors (Lipinski definition) is 1. The van der Waals surface area contributed by atoms with Crippen molar-refractivity contribution in [1.82, 2.24) is 9.78 Å². The number of rotatable bonds is 3. The van der Waals surface area contributed by atoms with Crippen molar-refractivity contribution in [3.05, 3.63) is 15.8 Å². The van der Waals surface area contributed by atoms with E-state index in [0.29, 0.717) is 29.9 Å². The van der Waals surface area contributed by atoms with Crippen LogP contribution in [0.25, 0.3) is 0 Å². The number of aryl methyl sites for hydroxylation is 2. The van der Waals surface area contributed by atoms with Crippen molar-refractivity contribution in [3.8, 4) is 0 Å². The molecule has 0 amide bonds. The smallest absolute Gasteiger partial charge is 0.333 e. The van der Waals surface area contributed by atoms with Crippen molar-refractivity contribution in [1.29, 1.82) is 0 Å². The van der Waals surface area contributed by atoms with E-state index in [1.807, 2.05) is 0 Å². The van der Waals surface area contributed by atoms with Gasteiger partial charge in [0.05, 0.1) is 4.92 Å². The van der Waals surface area contributed by atoms with E-state index in [1.165, 1.54) is 0 Å². The molecule has 0 aliphatic carbocycles. The van der Waals surface area contributed by atoms with Crippen molar-refractivity contribution in [3.63, 3.8) is 0 Å². The molecule has 1 fully saturated rings. The molecule has 0 bridgehead atoms. The summed E-state index contributed by atoms with van der Waals surface area (Å²) in [6.07, 6.45) is 1.00. The monoisotopic (exact) mass is 267 g/mol. The summed E-state index contributed by atoms with van der Waals surface area (Å²) < 4.78 is 1.61. The predicted octanol–water partition coefficient (Wildman–Crippen LogP) is 1.06. The molecule has 2 atom stereocenters. The van der Waals surface area contributed by atoms with Gasteiger partial charge < -0.3 is 10.6 Å². The Labute approximate surface area is 112 Å². The molecule has 0 aromatic carbocycles. The maximum absolute atomic E-state index is 11.2. The SMILES string of the molecule is Cc1nn(C)c(N2CCC(C)C(CN)C2)c1[N+](=O)[O-]. The molecular weight excluding hydrogens is 246 g/mol.